The van der Waals surface area contributed by atoms with Gasteiger partial charge in [0.15, 0.2) is 0 Å². The van der Waals surface area contributed by atoms with Crippen LogP contribution in [0.3, 0.4) is 0 Å². The van der Waals surface area contributed by atoms with Gasteiger partial charge in [-0.1, -0.05) is 0 Å². The SMILES string of the molecule is CCOC(=O)Oc1ccc(C(=O)N2CCN(C(=O)c3ccc(=O)[nH]n3)CC2)cc1. The van der Waals surface area contributed by atoms with Crippen LogP contribution in [0.4, 0.5) is 4.79 Å². The molecular weight excluding hydrogens is 380 g/mol. The number of nitrogens with zero attached hydrogens (tertiary/aromatic N) is 3. The molecule has 29 heavy (non-hydrogen) atoms. The van der Waals surface area contributed by atoms with Gasteiger partial charge in [0, 0.05) is 37.8 Å². The molecule has 0 atom stereocenters. The Morgan fingerprint density at radius 2 is 1.59 bits per heavy atom. The van der Waals surface area contributed by atoms with Crippen LogP contribution in [0, 0.1) is 0 Å². The molecule has 1 aromatic heterocycles. The summed E-state index contributed by atoms with van der Waals surface area (Å²) in [5.74, 6) is -0.195. The van der Waals surface area contributed by atoms with Crippen molar-refractivity contribution in [1.29, 1.82) is 0 Å². The van der Waals surface area contributed by atoms with Crippen LogP contribution in [-0.4, -0.2) is 70.8 Å². The van der Waals surface area contributed by atoms with E-state index in [4.69, 9.17) is 9.47 Å². The molecule has 1 saturated heterocycles. The van der Waals surface area contributed by atoms with Crippen molar-refractivity contribution in [3.63, 3.8) is 0 Å². The van der Waals surface area contributed by atoms with Gasteiger partial charge in [0.05, 0.1) is 6.61 Å². The van der Waals surface area contributed by atoms with Gasteiger partial charge in [0.2, 0.25) is 0 Å². The Labute approximate surface area is 166 Å². The Balaban J connectivity index is 1.55. The van der Waals surface area contributed by atoms with Gasteiger partial charge in [-0.3, -0.25) is 14.4 Å². The second-order valence-corrected chi connectivity index (χ2v) is 6.20. The Morgan fingerprint density at radius 3 is 2.14 bits per heavy atom. The molecule has 0 aliphatic carbocycles. The van der Waals surface area contributed by atoms with Crippen LogP contribution in [-0.2, 0) is 4.74 Å². The Morgan fingerprint density at radius 1 is 0.966 bits per heavy atom. The summed E-state index contributed by atoms with van der Waals surface area (Å²) >= 11 is 0. The van der Waals surface area contributed by atoms with E-state index in [9.17, 15) is 19.2 Å². The highest BCUT2D eigenvalue weighted by Gasteiger charge is 2.26. The number of hydrogen-bond acceptors (Lipinski definition) is 7. The maximum absolute atomic E-state index is 12.7. The second-order valence-electron chi connectivity index (χ2n) is 6.20. The molecule has 0 bridgehead atoms. The van der Waals surface area contributed by atoms with Crippen LogP contribution >= 0.6 is 0 Å². The maximum atomic E-state index is 12.7. The van der Waals surface area contributed by atoms with E-state index in [1.54, 1.807) is 28.9 Å². The van der Waals surface area contributed by atoms with E-state index in [0.717, 1.165) is 0 Å². The second kappa shape index (κ2) is 9.00. The zero-order valence-electron chi connectivity index (χ0n) is 15.8. The number of benzene rings is 1. The van der Waals surface area contributed by atoms with E-state index in [-0.39, 0.29) is 35.4 Å². The van der Waals surface area contributed by atoms with Gasteiger partial charge in [-0.15, -0.1) is 0 Å². The van der Waals surface area contributed by atoms with Crippen molar-refractivity contribution in [3.8, 4) is 5.75 Å². The third kappa shape index (κ3) is 4.98. The van der Waals surface area contributed by atoms with E-state index in [1.165, 1.54) is 24.3 Å². The minimum atomic E-state index is -0.802. The fourth-order valence-corrected chi connectivity index (χ4v) is 2.83. The van der Waals surface area contributed by atoms with Crippen LogP contribution in [0.15, 0.2) is 41.2 Å². The molecule has 0 radical (unpaired) electrons. The molecule has 2 heterocycles. The smallest absolute Gasteiger partial charge is 0.434 e. The lowest BCUT2D eigenvalue weighted by Gasteiger charge is -2.34. The predicted octanol–water partition coefficient (Wildman–Crippen LogP) is 0.903. The van der Waals surface area contributed by atoms with Gasteiger partial charge in [-0.25, -0.2) is 9.89 Å². The highest BCUT2D eigenvalue weighted by molar-refractivity contribution is 5.95. The number of carbonyl (C=O) groups excluding carboxylic acids is 3. The van der Waals surface area contributed by atoms with Gasteiger partial charge in [0.25, 0.3) is 17.4 Å². The van der Waals surface area contributed by atoms with E-state index >= 15 is 0 Å². The van der Waals surface area contributed by atoms with Gasteiger partial charge in [0.1, 0.15) is 11.4 Å². The topological polar surface area (TPSA) is 122 Å². The monoisotopic (exact) mass is 400 g/mol. The van der Waals surface area contributed by atoms with Crippen molar-refractivity contribution in [2.24, 2.45) is 0 Å². The summed E-state index contributed by atoms with van der Waals surface area (Å²) in [6.45, 7) is 3.34. The number of piperazine rings is 1. The van der Waals surface area contributed by atoms with Crippen molar-refractivity contribution in [2.75, 3.05) is 32.8 Å². The summed E-state index contributed by atoms with van der Waals surface area (Å²) in [4.78, 5) is 50.7. The minimum Gasteiger partial charge on any atom is -0.434 e. The first-order valence-electron chi connectivity index (χ1n) is 9.07. The largest absolute Gasteiger partial charge is 0.513 e. The van der Waals surface area contributed by atoms with Gasteiger partial charge in [-0.05, 0) is 37.3 Å². The van der Waals surface area contributed by atoms with Crippen LogP contribution in [0.25, 0.3) is 0 Å². The summed E-state index contributed by atoms with van der Waals surface area (Å²) in [6, 6.07) is 8.79. The predicted molar refractivity (Wildman–Crippen MR) is 101 cm³/mol. The molecule has 0 saturated carbocycles. The summed E-state index contributed by atoms with van der Waals surface area (Å²) in [7, 11) is 0. The van der Waals surface area contributed by atoms with Crippen molar-refractivity contribution < 1.29 is 23.9 Å². The van der Waals surface area contributed by atoms with Crippen molar-refractivity contribution in [1.82, 2.24) is 20.0 Å². The lowest BCUT2D eigenvalue weighted by atomic mass is 10.1. The van der Waals surface area contributed by atoms with Gasteiger partial charge in [-0.2, -0.15) is 5.10 Å². The molecule has 0 spiro atoms. The molecule has 152 valence electrons. The lowest BCUT2D eigenvalue weighted by molar-refractivity contribution is 0.0531. The zero-order valence-corrected chi connectivity index (χ0v) is 15.8. The van der Waals surface area contributed by atoms with Crippen LogP contribution < -0.4 is 10.3 Å². The molecular formula is C19H20N4O6. The quantitative estimate of drug-likeness (QED) is 0.598. The number of amides is 2. The fraction of sp³-hybridized carbons (Fsp3) is 0.316. The molecule has 1 fully saturated rings. The molecule has 1 aromatic carbocycles. The lowest BCUT2D eigenvalue weighted by Crippen LogP contribution is -2.50. The van der Waals surface area contributed by atoms with Crippen LogP contribution in [0.2, 0.25) is 0 Å². The molecule has 1 aliphatic heterocycles. The highest BCUT2D eigenvalue weighted by Crippen LogP contribution is 2.16. The number of aromatic amines is 1. The average molecular weight is 400 g/mol. The Hall–Kier alpha value is -3.69. The van der Waals surface area contributed by atoms with Crippen molar-refractivity contribution >= 4 is 18.0 Å². The minimum absolute atomic E-state index is 0.154. The third-order valence-corrected chi connectivity index (χ3v) is 4.32. The molecule has 2 amide bonds. The fourth-order valence-electron chi connectivity index (χ4n) is 2.83. The maximum Gasteiger partial charge on any atom is 0.513 e. The number of rotatable bonds is 4. The summed E-state index contributed by atoms with van der Waals surface area (Å²) < 4.78 is 9.66. The summed E-state index contributed by atoms with van der Waals surface area (Å²) in [6.07, 6.45) is -0.802. The molecule has 2 aromatic rings. The first-order chi connectivity index (χ1) is 14.0. The highest BCUT2D eigenvalue weighted by atomic mass is 16.7. The van der Waals surface area contributed by atoms with Crippen molar-refractivity contribution in [3.05, 3.63) is 58.0 Å². The number of nitrogens with one attached hydrogen (secondary N) is 1. The third-order valence-electron chi connectivity index (χ3n) is 4.32. The number of carbonyl (C=O) groups is 3. The molecule has 0 unspecified atom stereocenters. The summed E-state index contributed by atoms with van der Waals surface area (Å²) in [5.41, 5.74) is 0.223. The average Bonchev–Trinajstić information content (AvgIpc) is 2.74. The van der Waals surface area contributed by atoms with Crippen molar-refractivity contribution in [2.45, 2.75) is 6.92 Å². The van der Waals surface area contributed by atoms with Gasteiger partial charge < -0.3 is 19.3 Å². The standard InChI is InChI=1S/C19H20N4O6/c1-2-28-19(27)29-14-5-3-13(4-6-14)17(25)22-9-11-23(12-10-22)18(26)15-7-8-16(24)21-20-15/h3-8H,2,9-12H2,1H3,(H,21,24). The van der Waals surface area contributed by atoms with E-state index in [0.29, 0.717) is 31.7 Å². The van der Waals surface area contributed by atoms with E-state index in [1.807, 2.05) is 0 Å². The first kappa shape index (κ1) is 20.1. The molecule has 10 nitrogen and oxygen atoms in total. The molecule has 10 heteroatoms. The number of hydrogen-bond donors (Lipinski definition) is 1. The number of aromatic nitrogens is 2. The normalized spacial score (nSPS) is 13.7. The first-order valence-corrected chi connectivity index (χ1v) is 9.07. The van der Waals surface area contributed by atoms with Crippen LogP contribution in [0.5, 0.6) is 5.75 Å². The Kier molecular flexibility index (Phi) is 6.22. The molecule has 1 N–H and O–H groups in total. The number of H-pyrrole nitrogens is 1. The van der Waals surface area contributed by atoms with Gasteiger partial charge >= 0.3 is 6.16 Å². The Bertz CT molecular complexity index is 927. The molecule has 3 rings (SSSR count). The molecule has 1 aliphatic rings. The van der Waals surface area contributed by atoms with E-state index in [2.05, 4.69) is 10.2 Å². The van der Waals surface area contributed by atoms with E-state index < -0.39 is 6.16 Å². The number of ether oxygens (including phenoxy) is 2. The van der Waals surface area contributed by atoms with Crippen LogP contribution in [0.1, 0.15) is 27.8 Å². The zero-order chi connectivity index (χ0) is 20.8. The summed E-state index contributed by atoms with van der Waals surface area (Å²) in [5, 5.41) is 5.98.